The molecule has 7 nitrogen and oxygen atoms in total. The van der Waals surface area contributed by atoms with Crippen LogP contribution in [0.25, 0.3) is 0 Å². The minimum absolute atomic E-state index is 0.204. The van der Waals surface area contributed by atoms with Gasteiger partial charge < -0.3 is 4.90 Å². The van der Waals surface area contributed by atoms with Gasteiger partial charge in [-0.25, -0.2) is 9.79 Å². The first-order chi connectivity index (χ1) is 12.4. The molecule has 0 radical (unpaired) electrons. The van der Waals surface area contributed by atoms with Gasteiger partial charge in [-0.1, -0.05) is 11.6 Å². The van der Waals surface area contributed by atoms with Crippen LogP contribution in [-0.2, 0) is 4.79 Å². The number of likely N-dealkylation sites (N-methyl/N-ethyl adjacent to an activating group) is 2. The molecule has 8 heteroatoms. The van der Waals surface area contributed by atoms with Gasteiger partial charge in [0.1, 0.15) is 0 Å². The molecule has 1 aromatic rings. The number of allylic oxidation sites excluding steroid dienone is 2. The fourth-order valence-electron chi connectivity index (χ4n) is 3.80. The molecule has 0 bridgehead atoms. The van der Waals surface area contributed by atoms with Crippen molar-refractivity contribution in [3.63, 3.8) is 0 Å². The smallest absolute Gasteiger partial charge is 0.302 e. The van der Waals surface area contributed by atoms with Gasteiger partial charge >= 0.3 is 6.03 Å². The van der Waals surface area contributed by atoms with Gasteiger partial charge in [0, 0.05) is 35.7 Å². The minimum atomic E-state index is -0.528. The van der Waals surface area contributed by atoms with Crippen molar-refractivity contribution in [3.8, 4) is 0 Å². The van der Waals surface area contributed by atoms with Gasteiger partial charge in [-0.3, -0.25) is 19.5 Å². The second-order valence-electron chi connectivity index (χ2n) is 6.62. The lowest BCUT2D eigenvalue weighted by Gasteiger charge is -2.40. The molecule has 0 N–H and O–H groups in total. The molecule has 3 aliphatic rings. The number of nitrogens with zero attached hydrogens (tertiary/aromatic N) is 5. The number of imide groups is 1. The van der Waals surface area contributed by atoms with Gasteiger partial charge in [0.05, 0.1) is 0 Å². The summed E-state index contributed by atoms with van der Waals surface area (Å²) in [5, 5.41) is 0.657. The summed E-state index contributed by atoms with van der Waals surface area (Å²) < 4.78 is 0. The highest BCUT2D eigenvalue weighted by atomic mass is 35.5. The number of carbonyl (C=O) groups is 2. The highest BCUT2D eigenvalue weighted by molar-refractivity contribution is 6.30. The van der Waals surface area contributed by atoms with E-state index in [1.807, 2.05) is 47.9 Å². The van der Waals surface area contributed by atoms with Crippen LogP contribution in [0.2, 0.25) is 5.02 Å². The number of halogens is 1. The summed E-state index contributed by atoms with van der Waals surface area (Å²) in [6.45, 7) is 6.12. The van der Waals surface area contributed by atoms with Crippen LogP contribution < -0.4 is 4.90 Å². The zero-order valence-corrected chi connectivity index (χ0v) is 15.9. The third-order valence-electron chi connectivity index (χ3n) is 5.29. The van der Waals surface area contributed by atoms with Gasteiger partial charge in [-0.15, -0.1) is 0 Å². The monoisotopic (exact) mass is 373 g/mol. The normalized spacial score (nSPS) is 25.2. The van der Waals surface area contributed by atoms with Crippen molar-refractivity contribution >= 4 is 35.2 Å². The van der Waals surface area contributed by atoms with Crippen LogP contribution in [0.4, 0.5) is 10.5 Å². The van der Waals surface area contributed by atoms with Gasteiger partial charge in [0.2, 0.25) is 5.96 Å². The molecule has 0 saturated carbocycles. The molecule has 0 spiro atoms. The van der Waals surface area contributed by atoms with E-state index in [-0.39, 0.29) is 11.9 Å². The van der Waals surface area contributed by atoms with E-state index < -0.39 is 12.2 Å². The zero-order valence-electron chi connectivity index (χ0n) is 15.1. The van der Waals surface area contributed by atoms with Gasteiger partial charge in [0.25, 0.3) is 5.91 Å². The highest BCUT2D eigenvalue weighted by Crippen LogP contribution is 2.40. The lowest BCUT2D eigenvalue weighted by Crippen LogP contribution is -2.64. The molecule has 4 rings (SSSR count). The van der Waals surface area contributed by atoms with Crippen LogP contribution in [0.5, 0.6) is 0 Å². The Balaban J connectivity index is 1.80. The van der Waals surface area contributed by atoms with Crippen molar-refractivity contribution in [2.75, 3.05) is 18.5 Å². The molecule has 26 heavy (non-hydrogen) atoms. The number of hydrogen-bond donors (Lipinski definition) is 0. The second-order valence-corrected chi connectivity index (χ2v) is 7.05. The Hall–Kier alpha value is -2.54. The number of benzene rings is 1. The predicted molar refractivity (Wildman–Crippen MR) is 99.7 cm³/mol. The maximum absolute atomic E-state index is 13.0. The average molecular weight is 374 g/mol. The Bertz CT molecular complexity index is 863. The van der Waals surface area contributed by atoms with E-state index in [2.05, 4.69) is 0 Å². The van der Waals surface area contributed by atoms with E-state index in [1.54, 1.807) is 18.9 Å². The Morgan fingerprint density at radius 1 is 1.12 bits per heavy atom. The summed E-state index contributed by atoms with van der Waals surface area (Å²) in [4.78, 5) is 37.0. The molecule has 3 heterocycles. The van der Waals surface area contributed by atoms with Crippen molar-refractivity contribution in [2.45, 2.75) is 33.0 Å². The third kappa shape index (κ3) is 2.10. The number of hydrogen-bond acceptors (Lipinski definition) is 5. The van der Waals surface area contributed by atoms with E-state index in [9.17, 15) is 9.59 Å². The number of fused-ring (bicyclic) bond motifs is 3. The molecular weight excluding hydrogens is 354 g/mol. The molecule has 3 amide bonds. The maximum Gasteiger partial charge on any atom is 0.328 e. The number of urea groups is 1. The molecule has 1 aromatic carbocycles. The molecule has 1 saturated heterocycles. The number of aliphatic imine (C=N–C) groups is 1. The van der Waals surface area contributed by atoms with Crippen LogP contribution in [0.3, 0.4) is 0 Å². The summed E-state index contributed by atoms with van der Waals surface area (Å²) in [6, 6.07) is 6.65. The Morgan fingerprint density at radius 2 is 1.77 bits per heavy atom. The molecule has 0 aromatic heterocycles. The van der Waals surface area contributed by atoms with Gasteiger partial charge in [-0.05, 0) is 45.0 Å². The lowest BCUT2D eigenvalue weighted by atomic mass is 10.1. The topological polar surface area (TPSA) is 59.5 Å². The number of amides is 3. The average Bonchev–Trinajstić information content (AvgIpc) is 3.11. The fourth-order valence-corrected chi connectivity index (χ4v) is 3.93. The molecule has 1 fully saturated rings. The first-order valence-corrected chi connectivity index (χ1v) is 8.93. The van der Waals surface area contributed by atoms with E-state index in [1.165, 1.54) is 4.90 Å². The maximum atomic E-state index is 13.0. The Labute approximate surface area is 157 Å². The Kier molecular flexibility index (Phi) is 3.73. The first-order valence-electron chi connectivity index (χ1n) is 8.55. The fraction of sp³-hybridized carbons (Fsp3) is 0.389. The second kappa shape index (κ2) is 5.74. The summed E-state index contributed by atoms with van der Waals surface area (Å²) in [5.74, 6) is 0.465. The van der Waals surface area contributed by atoms with E-state index in [0.29, 0.717) is 17.5 Å². The van der Waals surface area contributed by atoms with Gasteiger partial charge in [0.15, 0.2) is 12.2 Å². The molecule has 136 valence electrons. The van der Waals surface area contributed by atoms with Crippen LogP contribution >= 0.6 is 11.6 Å². The van der Waals surface area contributed by atoms with Crippen molar-refractivity contribution < 1.29 is 9.59 Å². The Morgan fingerprint density at radius 3 is 2.38 bits per heavy atom. The van der Waals surface area contributed by atoms with Crippen LogP contribution in [0.15, 0.2) is 40.7 Å². The number of guanidine groups is 1. The van der Waals surface area contributed by atoms with Crippen molar-refractivity contribution in [1.29, 1.82) is 0 Å². The van der Waals surface area contributed by atoms with Crippen LogP contribution in [0, 0.1) is 0 Å². The van der Waals surface area contributed by atoms with E-state index in [4.69, 9.17) is 16.6 Å². The summed E-state index contributed by atoms with van der Waals surface area (Å²) in [7, 11) is 1.69. The SMILES string of the molecule is CCN1C(=O)C2C(N=C3N(c4ccc(Cl)cc4)C(C)=C(C)N32)N(C)C1=O. The predicted octanol–water partition coefficient (Wildman–Crippen LogP) is 2.69. The van der Waals surface area contributed by atoms with Crippen molar-refractivity contribution in [1.82, 2.24) is 14.7 Å². The highest BCUT2D eigenvalue weighted by Gasteiger charge is 2.55. The summed E-state index contributed by atoms with van der Waals surface area (Å²) in [5.41, 5.74) is 2.87. The minimum Gasteiger partial charge on any atom is -0.302 e. The van der Waals surface area contributed by atoms with Gasteiger partial charge in [-0.2, -0.15) is 0 Å². The standard InChI is InChI=1S/C18H20ClN5O2/c1-5-22-16(25)14-15(21(4)18(22)26)20-17-23(10(2)11(3)24(14)17)13-8-6-12(19)7-9-13/h6-9,14-15H,5H2,1-4H3. The largest absolute Gasteiger partial charge is 0.328 e. The molecule has 3 aliphatic heterocycles. The molecular formula is C18H20ClN5O2. The summed E-state index contributed by atoms with van der Waals surface area (Å²) >= 11 is 6.01. The molecule has 0 aliphatic carbocycles. The van der Waals surface area contributed by atoms with Crippen LogP contribution in [-0.4, -0.2) is 58.4 Å². The molecule has 2 unspecified atom stereocenters. The van der Waals surface area contributed by atoms with E-state index >= 15 is 0 Å². The molecule has 2 atom stereocenters. The van der Waals surface area contributed by atoms with Crippen molar-refractivity contribution in [2.24, 2.45) is 4.99 Å². The lowest BCUT2D eigenvalue weighted by molar-refractivity contribution is -0.136. The first kappa shape index (κ1) is 16.9. The van der Waals surface area contributed by atoms with Crippen molar-refractivity contribution in [3.05, 3.63) is 40.7 Å². The number of carbonyl (C=O) groups excluding carboxylic acids is 2. The number of rotatable bonds is 2. The van der Waals surface area contributed by atoms with E-state index in [0.717, 1.165) is 17.1 Å². The zero-order chi connectivity index (χ0) is 18.7. The number of anilines is 1. The quantitative estimate of drug-likeness (QED) is 0.799. The van der Waals surface area contributed by atoms with Crippen LogP contribution in [0.1, 0.15) is 20.8 Å². The summed E-state index contributed by atoms with van der Waals surface area (Å²) in [6.07, 6.45) is -0.523. The third-order valence-corrected chi connectivity index (χ3v) is 5.55.